The third-order valence-electron chi connectivity index (χ3n) is 4.73. The molecule has 2 amide bonds. The number of benzene rings is 2. The van der Waals surface area contributed by atoms with Crippen molar-refractivity contribution in [1.82, 2.24) is 9.80 Å². The van der Waals surface area contributed by atoms with Gasteiger partial charge in [0.2, 0.25) is 0 Å². The molecule has 0 aromatic heterocycles. The minimum absolute atomic E-state index is 0.0450. The zero-order valence-electron chi connectivity index (χ0n) is 15.2. The molecular weight excluding hydrogens is 350 g/mol. The van der Waals surface area contributed by atoms with Gasteiger partial charge in [-0.15, -0.1) is 0 Å². The fourth-order valence-corrected chi connectivity index (χ4v) is 5.03. The van der Waals surface area contributed by atoms with Gasteiger partial charge in [-0.1, -0.05) is 36.4 Å². The number of likely N-dealkylation sites (N-methyl/N-ethyl adjacent to an activating group) is 1. The van der Waals surface area contributed by atoms with Crippen molar-refractivity contribution in [2.75, 3.05) is 44.0 Å². The van der Waals surface area contributed by atoms with Crippen LogP contribution in [0.4, 0.5) is 10.5 Å². The number of hydrogen-bond donors (Lipinski definition) is 1. The molecule has 3 rings (SSSR count). The van der Waals surface area contributed by atoms with Gasteiger partial charge >= 0.3 is 6.03 Å². The molecule has 1 heterocycles. The number of carbonyl (C=O) groups excluding carboxylic acids is 1. The van der Waals surface area contributed by atoms with E-state index in [1.165, 1.54) is 0 Å². The number of carbonyl (C=O) groups is 1. The lowest BCUT2D eigenvalue weighted by Crippen LogP contribution is -2.46. The molecule has 1 aliphatic rings. The Morgan fingerprint density at radius 3 is 2.54 bits per heavy atom. The predicted octanol–water partition coefficient (Wildman–Crippen LogP) is 2.42. The zero-order chi connectivity index (χ0) is 18.7. The molecule has 1 N–H and O–H groups in total. The first-order valence-corrected chi connectivity index (χ1v) is 10.6. The summed E-state index contributed by atoms with van der Waals surface area (Å²) in [6.07, 6.45) is 0.499. The van der Waals surface area contributed by atoms with E-state index in [-0.39, 0.29) is 23.6 Å². The summed E-state index contributed by atoms with van der Waals surface area (Å²) in [6, 6.07) is 13.1. The summed E-state index contributed by atoms with van der Waals surface area (Å²) >= 11 is 0. The van der Waals surface area contributed by atoms with Crippen LogP contribution in [0.1, 0.15) is 6.42 Å². The molecule has 1 aliphatic heterocycles. The molecule has 0 saturated carbocycles. The van der Waals surface area contributed by atoms with Crippen molar-refractivity contribution in [2.24, 2.45) is 0 Å². The highest BCUT2D eigenvalue weighted by Crippen LogP contribution is 2.24. The second-order valence-electron chi connectivity index (χ2n) is 7.01. The molecule has 0 bridgehead atoms. The van der Waals surface area contributed by atoms with Gasteiger partial charge in [0.25, 0.3) is 0 Å². The van der Waals surface area contributed by atoms with Crippen molar-refractivity contribution in [1.29, 1.82) is 0 Å². The van der Waals surface area contributed by atoms with Gasteiger partial charge in [0.05, 0.1) is 17.2 Å². The summed E-state index contributed by atoms with van der Waals surface area (Å²) in [6.45, 7) is 1.17. The Bertz CT molecular complexity index is 891. The van der Waals surface area contributed by atoms with E-state index >= 15 is 0 Å². The zero-order valence-corrected chi connectivity index (χ0v) is 16.0. The lowest BCUT2D eigenvalue weighted by atomic mass is 10.1. The van der Waals surface area contributed by atoms with Crippen molar-refractivity contribution in [3.05, 3.63) is 42.5 Å². The molecule has 0 aliphatic carbocycles. The standard InChI is InChI=1S/C19H25N3O3S/c1-21(2)11-12-22(16-10-13-26(24,25)14-16)19(23)20-18-9-5-7-15-6-3-4-8-17(15)18/h3-9,16H,10-14H2,1-2H3,(H,20,23). The van der Waals surface area contributed by atoms with E-state index in [1.54, 1.807) is 4.90 Å². The molecule has 1 fully saturated rings. The Morgan fingerprint density at radius 1 is 1.12 bits per heavy atom. The van der Waals surface area contributed by atoms with Crippen LogP contribution in [0.3, 0.4) is 0 Å². The number of nitrogens with one attached hydrogen (secondary N) is 1. The summed E-state index contributed by atoms with van der Waals surface area (Å²) in [4.78, 5) is 16.6. The Hall–Kier alpha value is -2.12. The van der Waals surface area contributed by atoms with Gasteiger partial charge in [-0.25, -0.2) is 13.2 Å². The maximum atomic E-state index is 13.0. The first kappa shape index (κ1) is 18.7. The second-order valence-corrected chi connectivity index (χ2v) is 9.24. The molecule has 2 aromatic carbocycles. The molecule has 6 nitrogen and oxygen atoms in total. The molecule has 140 valence electrons. The molecule has 1 unspecified atom stereocenters. The molecule has 7 heteroatoms. The van der Waals surface area contributed by atoms with Gasteiger partial charge < -0.3 is 15.1 Å². The second kappa shape index (κ2) is 7.63. The van der Waals surface area contributed by atoms with E-state index in [9.17, 15) is 13.2 Å². The Kier molecular flexibility index (Phi) is 5.48. The van der Waals surface area contributed by atoms with Crippen molar-refractivity contribution < 1.29 is 13.2 Å². The van der Waals surface area contributed by atoms with Gasteiger partial charge in [0.15, 0.2) is 9.84 Å². The number of amides is 2. The maximum absolute atomic E-state index is 13.0. The van der Waals surface area contributed by atoms with Gasteiger partial charge in [0.1, 0.15) is 0 Å². The monoisotopic (exact) mass is 375 g/mol. The van der Waals surface area contributed by atoms with Gasteiger partial charge in [-0.05, 0) is 32.0 Å². The highest BCUT2D eigenvalue weighted by Gasteiger charge is 2.34. The van der Waals surface area contributed by atoms with Crippen LogP contribution >= 0.6 is 0 Å². The number of urea groups is 1. The topological polar surface area (TPSA) is 69.7 Å². The number of rotatable bonds is 5. The summed E-state index contributed by atoms with van der Waals surface area (Å²) in [7, 11) is 0.818. The molecular formula is C19H25N3O3S. The summed E-state index contributed by atoms with van der Waals surface area (Å²) in [5.74, 6) is 0.196. The lowest BCUT2D eigenvalue weighted by molar-refractivity contribution is 0.186. The van der Waals surface area contributed by atoms with Gasteiger partial charge in [-0.3, -0.25) is 0 Å². The Morgan fingerprint density at radius 2 is 1.85 bits per heavy atom. The number of nitrogens with zero attached hydrogens (tertiary/aromatic N) is 2. The molecule has 1 saturated heterocycles. The van der Waals surface area contributed by atoms with Crippen molar-refractivity contribution in [3.8, 4) is 0 Å². The van der Waals surface area contributed by atoms with E-state index in [0.717, 1.165) is 16.5 Å². The maximum Gasteiger partial charge on any atom is 0.322 e. The normalized spacial score (nSPS) is 19.0. The average molecular weight is 375 g/mol. The highest BCUT2D eigenvalue weighted by atomic mass is 32.2. The molecule has 0 radical (unpaired) electrons. The van der Waals surface area contributed by atoms with Crippen LogP contribution in [0.2, 0.25) is 0 Å². The Labute approximate surface area is 154 Å². The van der Waals surface area contributed by atoms with E-state index < -0.39 is 9.84 Å². The predicted molar refractivity (Wildman–Crippen MR) is 105 cm³/mol. The van der Waals surface area contributed by atoms with Crippen LogP contribution in [0.5, 0.6) is 0 Å². The Balaban J connectivity index is 1.82. The molecule has 2 aromatic rings. The smallest absolute Gasteiger partial charge is 0.319 e. The quantitative estimate of drug-likeness (QED) is 0.871. The molecule has 1 atom stereocenters. The number of anilines is 1. The number of sulfone groups is 1. The van der Waals surface area contributed by atoms with Crippen molar-refractivity contribution in [2.45, 2.75) is 12.5 Å². The first-order chi connectivity index (χ1) is 12.4. The van der Waals surface area contributed by atoms with Crippen LogP contribution in [-0.2, 0) is 9.84 Å². The minimum atomic E-state index is -3.06. The lowest BCUT2D eigenvalue weighted by Gasteiger charge is -2.29. The number of fused-ring (bicyclic) bond motifs is 1. The summed E-state index contributed by atoms with van der Waals surface area (Å²) in [5.41, 5.74) is 0.740. The fourth-order valence-electron chi connectivity index (χ4n) is 3.30. The number of hydrogen-bond acceptors (Lipinski definition) is 4. The van der Waals surface area contributed by atoms with E-state index in [0.29, 0.717) is 19.5 Å². The van der Waals surface area contributed by atoms with Crippen LogP contribution in [0.25, 0.3) is 10.8 Å². The molecule has 0 spiro atoms. The van der Waals surface area contributed by atoms with Gasteiger partial charge in [-0.2, -0.15) is 0 Å². The van der Waals surface area contributed by atoms with E-state index in [1.807, 2.05) is 61.5 Å². The average Bonchev–Trinajstić information content (AvgIpc) is 2.95. The first-order valence-electron chi connectivity index (χ1n) is 8.76. The van der Waals surface area contributed by atoms with E-state index in [4.69, 9.17) is 0 Å². The van der Waals surface area contributed by atoms with Crippen LogP contribution in [-0.4, -0.2) is 69.0 Å². The molecule has 26 heavy (non-hydrogen) atoms. The highest BCUT2D eigenvalue weighted by molar-refractivity contribution is 7.91. The fraction of sp³-hybridized carbons (Fsp3) is 0.421. The SMILES string of the molecule is CN(C)CCN(C(=O)Nc1cccc2ccccc12)C1CCS(=O)(=O)C1. The van der Waals surface area contributed by atoms with Crippen LogP contribution in [0.15, 0.2) is 42.5 Å². The third kappa shape index (κ3) is 4.34. The van der Waals surface area contributed by atoms with Crippen molar-refractivity contribution in [3.63, 3.8) is 0 Å². The minimum Gasteiger partial charge on any atom is -0.319 e. The van der Waals surface area contributed by atoms with Crippen molar-refractivity contribution >= 4 is 32.3 Å². The van der Waals surface area contributed by atoms with Crippen LogP contribution < -0.4 is 5.32 Å². The summed E-state index contributed by atoms with van der Waals surface area (Å²) < 4.78 is 23.7. The third-order valence-corrected chi connectivity index (χ3v) is 6.48. The van der Waals surface area contributed by atoms with Crippen LogP contribution in [0, 0.1) is 0 Å². The largest absolute Gasteiger partial charge is 0.322 e. The van der Waals surface area contributed by atoms with E-state index in [2.05, 4.69) is 5.32 Å². The van der Waals surface area contributed by atoms with Gasteiger partial charge in [0, 0.05) is 24.5 Å². The summed E-state index contributed by atoms with van der Waals surface area (Å²) in [5, 5.41) is 5.00.